The first-order valence-electron chi connectivity index (χ1n) is 5.97. The van der Waals surface area contributed by atoms with Crippen LogP contribution in [-0.2, 0) is 13.5 Å². The molecule has 2 aromatic rings. The highest BCUT2D eigenvalue weighted by Crippen LogP contribution is 2.21. The van der Waals surface area contributed by atoms with Crippen molar-refractivity contribution in [2.45, 2.75) is 27.2 Å². The van der Waals surface area contributed by atoms with Gasteiger partial charge in [-0.05, 0) is 37.6 Å². The molecular weight excluding hydrogens is 196 g/mol. The van der Waals surface area contributed by atoms with E-state index in [1.165, 1.54) is 22.0 Å². The molecule has 0 bridgehead atoms. The van der Waals surface area contributed by atoms with Gasteiger partial charge in [0.15, 0.2) is 0 Å². The van der Waals surface area contributed by atoms with Crippen LogP contribution in [0.1, 0.15) is 25.0 Å². The van der Waals surface area contributed by atoms with Crippen molar-refractivity contribution in [3.63, 3.8) is 0 Å². The van der Waals surface area contributed by atoms with Gasteiger partial charge < -0.3 is 10.3 Å². The van der Waals surface area contributed by atoms with Crippen molar-refractivity contribution in [2.75, 3.05) is 6.54 Å². The van der Waals surface area contributed by atoms with Gasteiger partial charge in [-0.15, -0.1) is 0 Å². The summed E-state index contributed by atoms with van der Waals surface area (Å²) >= 11 is 0. The zero-order valence-electron chi connectivity index (χ0n) is 10.7. The number of rotatable bonds is 2. The lowest BCUT2D eigenvalue weighted by atomic mass is 10.1. The summed E-state index contributed by atoms with van der Waals surface area (Å²) < 4.78 is 2.17. The van der Waals surface area contributed by atoms with Gasteiger partial charge in [0.2, 0.25) is 0 Å². The van der Waals surface area contributed by atoms with Crippen LogP contribution in [0.5, 0.6) is 0 Å². The number of hydrogen-bond donors (Lipinski definition) is 1. The molecule has 0 radical (unpaired) electrons. The molecule has 2 heteroatoms. The Morgan fingerprint density at radius 2 is 1.94 bits per heavy atom. The fraction of sp³-hybridized carbons (Fsp3) is 0.429. The summed E-state index contributed by atoms with van der Waals surface area (Å²) in [6, 6.07) is 6.56. The summed E-state index contributed by atoms with van der Waals surface area (Å²) in [5.74, 6) is 0. The first-order valence-corrected chi connectivity index (χ1v) is 5.97. The van der Waals surface area contributed by atoms with Crippen LogP contribution in [0.3, 0.4) is 0 Å². The van der Waals surface area contributed by atoms with Crippen molar-refractivity contribution in [2.24, 2.45) is 12.8 Å². The average molecular weight is 218 g/mol. The van der Waals surface area contributed by atoms with E-state index in [9.17, 15) is 0 Å². The molecule has 0 fully saturated rings. The maximum absolute atomic E-state index is 5.59. The Labute approximate surface area is 98.1 Å². The summed E-state index contributed by atoms with van der Waals surface area (Å²) in [5, 5.41) is 1.35. The van der Waals surface area contributed by atoms with Crippen LogP contribution in [0.4, 0.5) is 0 Å². The number of benzene rings is 1. The molecule has 0 spiro atoms. The van der Waals surface area contributed by atoms with Crippen LogP contribution in [0.25, 0.3) is 10.9 Å². The Morgan fingerprint density at radius 3 is 2.56 bits per heavy atom. The van der Waals surface area contributed by atoms with Gasteiger partial charge in [-0.3, -0.25) is 0 Å². The molecule has 88 valence electrons. The van der Waals surface area contributed by atoms with Crippen molar-refractivity contribution < 1.29 is 0 Å². The molecule has 1 aromatic carbocycles. The fourth-order valence-corrected chi connectivity index (χ4v) is 1.94. The van der Waals surface area contributed by atoms with Gasteiger partial charge in [-0.1, -0.05) is 25.5 Å². The van der Waals surface area contributed by atoms with E-state index >= 15 is 0 Å². The highest BCUT2D eigenvalue weighted by Gasteiger charge is 2.05. The predicted molar refractivity (Wildman–Crippen MR) is 71.8 cm³/mol. The molecule has 2 nitrogen and oxygen atoms in total. The highest BCUT2D eigenvalue weighted by atomic mass is 14.9. The van der Waals surface area contributed by atoms with Crippen molar-refractivity contribution in [1.29, 1.82) is 0 Å². The standard InChI is InChI=1S/C12H16N2.C2H6/c1-9-3-4-12-11(7-9)10(5-6-13)8-14(12)2;1-2/h3-4,7-8H,5-6,13H2,1-2H3;1-2H3. The van der Waals surface area contributed by atoms with Crippen molar-refractivity contribution in [3.05, 3.63) is 35.5 Å². The maximum atomic E-state index is 5.59. The molecule has 0 amide bonds. The Kier molecular flexibility index (Phi) is 4.56. The second kappa shape index (κ2) is 5.71. The monoisotopic (exact) mass is 218 g/mol. The van der Waals surface area contributed by atoms with Crippen LogP contribution in [0, 0.1) is 6.92 Å². The number of nitrogens with zero attached hydrogens (tertiary/aromatic N) is 1. The molecule has 0 saturated heterocycles. The zero-order chi connectivity index (χ0) is 12.1. The highest BCUT2D eigenvalue weighted by molar-refractivity contribution is 5.84. The van der Waals surface area contributed by atoms with Crippen molar-refractivity contribution in [1.82, 2.24) is 4.57 Å². The minimum Gasteiger partial charge on any atom is -0.350 e. The normalized spacial score (nSPS) is 10.1. The molecule has 16 heavy (non-hydrogen) atoms. The lowest BCUT2D eigenvalue weighted by molar-refractivity contribution is 0.929. The van der Waals surface area contributed by atoms with Crippen LogP contribution in [0.15, 0.2) is 24.4 Å². The van der Waals surface area contributed by atoms with Crippen LogP contribution in [-0.4, -0.2) is 11.1 Å². The summed E-state index contributed by atoms with van der Waals surface area (Å²) in [4.78, 5) is 0. The molecule has 0 unspecified atom stereocenters. The van der Waals surface area contributed by atoms with Gasteiger partial charge in [-0.25, -0.2) is 0 Å². The molecular formula is C14H22N2. The van der Waals surface area contributed by atoms with Crippen LogP contribution < -0.4 is 5.73 Å². The number of fused-ring (bicyclic) bond motifs is 1. The van der Waals surface area contributed by atoms with Crippen molar-refractivity contribution in [3.8, 4) is 0 Å². The zero-order valence-corrected chi connectivity index (χ0v) is 10.7. The summed E-state index contributed by atoms with van der Waals surface area (Å²) in [6.07, 6.45) is 3.14. The lowest BCUT2D eigenvalue weighted by Gasteiger charge is -1.98. The Balaban J connectivity index is 0.000000606. The van der Waals surface area contributed by atoms with E-state index in [4.69, 9.17) is 5.73 Å². The molecule has 0 aliphatic carbocycles. The maximum Gasteiger partial charge on any atom is 0.0480 e. The van der Waals surface area contributed by atoms with Gasteiger partial charge in [-0.2, -0.15) is 0 Å². The smallest absolute Gasteiger partial charge is 0.0480 e. The lowest BCUT2D eigenvalue weighted by Crippen LogP contribution is -2.01. The van der Waals surface area contributed by atoms with Gasteiger partial charge >= 0.3 is 0 Å². The van der Waals surface area contributed by atoms with E-state index in [-0.39, 0.29) is 0 Å². The van der Waals surface area contributed by atoms with E-state index in [0.717, 1.165) is 6.42 Å². The molecule has 0 aliphatic rings. The summed E-state index contributed by atoms with van der Waals surface area (Å²) in [7, 11) is 2.08. The van der Waals surface area contributed by atoms with Crippen molar-refractivity contribution >= 4 is 10.9 Å². The average Bonchev–Trinajstić information content (AvgIpc) is 2.59. The first kappa shape index (κ1) is 12.8. The van der Waals surface area contributed by atoms with E-state index in [0.29, 0.717) is 6.54 Å². The summed E-state index contributed by atoms with van der Waals surface area (Å²) in [5.41, 5.74) is 9.54. The van der Waals surface area contributed by atoms with E-state index < -0.39 is 0 Å². The Morgan fingerprint density at radius 1 is 1.25 bits per heavy atom. The van der Waals surface area contributed by atoms with Gasteiger partial charge in [0.1, 0.15) is 0 Å². The number of hydrogen-bond acceptors (Lipinski definition) is 1. The van der Waals surface area contributed by atoms with Gasteiger partial charge in [0, 0.05) is 24.1 Å². The summed E-state index contributed by atoms with van der Waals surface area (Å²) in [6.45, 7) is 6.84. The third kappa shape index (κ3) is 2.45. The first-order chi connectivity index (χ1) is 7.72. The Bertz CT molecular complexity index is 455. The topological polar surface area (TPSA) is 30.9 Å². The molecule has 1 heterocycles. The predicted octanol–water partition coefficient (Wildman–Crippen LogP) is 3.01. The van der Waals surface area contributed by atoms with E-state index in [1.54, 1.807) is 0 Å². The Hall–Kier alpha value is -1.28. The fourth-order valence-electron chi connectivity index (χ4n) is 1.94. The second-order valence-corrected chi connectivity index (χ2v) is 3.82. The van der Waals surface area contributed by atoms with Gasteiger partial charge in [0.05, 0.1) is 0 Å². The third-order valence-corrected chi connectivity index (χ3v) is 2.64. The molecule has 0 atom stereocenters. The SMILES string of the molecule is CC.Cc1ccc2c(c1)c(CCN)cn2C. The molecule has 0 saturated carbocycles. The quantitative estimate of drug-likeness (QED) is 0.825. The molecule has 2 rings (SSSR count). The third-order valence-electron chi connectivity index (χ3n) is 2.64. The molecule has 1 aromatic heterocycles. The number of aryl methyl sites for hydroxylation is 2. The molecule has 2 N–H and O–H groups in total. The largest absolute Gasteiger partial charge is 0.350 e. The molecule has 0 aliphatic heterocycles. The van der Waals surface area contributed by atoms with Gasteiger partial charge in [0.25, 0.3) is 0 Å². The van der Waals surface area contributed by atoms with E-state index in [1.807, 2.05) is 13.8 Å². The minimum absolute atomic E-state index is 0.715. The van der Waals surface area contributed by atoms with Crippen LogP contribution >= 0.6 is 0 Å². The van der Waals surface area contributed by atoms with Crippen LogP contribution in [0.2, 0.25) is 0 Å². The minimum atomic E-state index is 0.715. The second-order valence-electron chi connectivity index (χ2n) is 3.82. The number of aromatic nitrogens is 1. The van der Waals surface area contributed by atoms with E-state index in [2.05, 4.69) is 42.9 Å². The number of nitrogens with two attached hydrogens (primary N) is 1.